The predicted molar refractivity (Wildman–Crippen MR) is 78.9 cm³/mol. The number of aryl methyl sites for hydroxylation is 1. The molecule has 2 aromatic rings. The van der Waals surface area contributed by atoms with Gasteiger partial charge >= 0.3 is 5.97 Å². The summed E-state index contributed by atoms with van der Waals surface area (Å²) in [6.07, 6.45) is 0. The molecule has 21 heavy (non-hydrogen) atoms. The van der Waals surface area contributed by atoms with Crippen molar-refractivity contribution < 1.29 is 14.6 Å². The molecule has 0 amide bonds. The van der Waals surface area contributed by atoms with Gasteiger partial charge in [0.05, 0.1) is 24.5 Å². The second kappa shape index (κ2) is 5.44. The largest absolute Gasteiger partial charge is 0.489 e. The number of carboxylic acid groups (broad SMARTS) is 1. The van der Waals surface area contributed by atoms with E-state index in [-0.39, 0.29) is 5.56 Å². The van der Waals surface area contributed by atoms with E-state index < -0.39 is 5.97 Å². The molecule has 2 heterocycles. The van der Waals surface area contributed by atoms with Gasteiger partial charge in [-0.3, -0.25) is 4.98 Å². The number of aromatic carboxylic acids is 1. The molecule has 0 fully saturated rings. The Morgan fingerprint density at radius 2 is 2.14 bits per heavy atom. The molecule has 0 saturated carbocycles. The minimum atomic E-state index is -0.970. The first-order chi connectivity index (χ1) is 10.1. The maximum Gasteiger partial charge on any atom is 0.339 e. The lowest BCUT2D eigenvalue weighted by atomic mass is 10.1. The summed E-state index contributed by atoms with van der Waals surface area (Å²) >= 11 is 0. The molecule has 1 aromatic carbocycles. The first-order valence-electron chi connectivity index (χ1n) is 6.82. The van der Waals surface area contributed by atoms with Gasteiger partial charge < -0.3 is 14.7 Å². The zero-order valence-electron chi connectivity index (χ0n) is 11.7. The number of fused-ring (bicyclic) bond motifs is 1. The van der Waals surface area contributed by atoms with Crippen LogP contribution in [0, 0.1) is 6.92 Å². The van der Waals surface area contributed by atoms with Gasteiger partial charge in [-0.2, -0.15) is 0 Å². The molecule has 0 radical (unpaired) electrons. The molecule has 0 atom stereocenters. The standard InChI is InChI=1S/C16H16N2O3/c1-11-4-2-5-12(17-11)10-18-8-9-21-15-13(16(19)20)6-3-7-14(15)18/h2-7H,8-10H2,1H3,(H,19,20). The Labute approximate surface area is 122 Å². The fourth-order valence-electron chi connectivity index (χ4n) is 2.52. The third kappa shape index (κ3) is 2.67. The van der Waals surface area contributed by atoms with Crippen molar-refractivity contribution in [2.24, 2.45) is 0 Å². The van der Waals surface area contributed by atoms with Crippen molar-refractivity contribution in [1.82, 2.24) is 4.98 Å². The number of carboxylic acids is 1. The highest BCUT2D eigenvalue weighted by Crippen LogP contribution is 2.35. The van der Waals surface area contributed by atoms with E-state index in [4.69, 9.17) is 4.74 Å². The van der Waals surface area contributed by atoms with Crippen LogP contribution in [-0.2, 0) is 6.54 Å². The Kier molecular flexibility index (Phi) is 3.48. The summed E-state index contributed by atoms with van der Waals surface area (Å²) < 4.78 is 5.56. The molecule has 0 bridgehead atoms. The topological polar surface area (TPSA) is 62.7 Å². The van der Waals surface area contributed by atoms with Crippen LogP contribution in [0.4, 0.5) is 5.69 Å². The van der Waals surface area contributed by atoms with Crippen LogP contribution in [0.25, 0.3) is 0 Å². The van der Waals surface area contributed by atoms with Crippen LogP contribution in [-0.4, -0.2) is 29.2 Å². The Morgan fingerprint density at radius 3 is 2.90 bits per heavy atom. The Balaban J connectivity index is 1.94. The average molecular weight is 284 g/mol. The number of hydrogen-bond donors (Lipinski definition) is 1. The Bertz CT molecular complexity index is 685. The van der Waals surface area contributed by atoms with E-state index in [1.54, 1.807) is 12.1 Å². The number of hydrogen-bond acceptors (Lipinski definition) is 4. The second-order valence-electron chi connectivity index (χ2n) is 5.00. The zero-order valence-corrected chi connectivity index (χ0v) is 11.7. The Hall–Kier alpha value is -2.56. The van der Waals surface area contributed by atoms with Crippen molar-refractivity contribution in [3.63, 3.8) is 0 Å². The molecule has 0 spiro atoms. The molecule has 3 rings (SSSR count). The number of rotatable bonds is 3. The first kappa shape index (κ1) is 13.4. The van der Waals surface area contributed by atoms with Crippen molar-refractivity contribution >= 4 is 11.7 Å². The molecule has 5 nitrogen and oxygen atoms in total. The van der Waals surface area contributed by atoms with Gasteiger partial charge in [0.2, 0.25) is 0 Å². The lowest BCUT2D eigenvalue weighted by molar-refractivity contribution is 0.0692. The summed E-state index contributed by atoms with van der Waals surface area (Å²) in [4.78, 5) is 17.9. The van der Waals surface area contributed by atoms with Gasteiger partial charge in [0, 0.05) is 5.69 Å². The summed E-state index contributed by atoms with van der Waals surface area (Å²) in [5.74, 6) is -0.522. The van der Waals surface area contributed by atoms with Crippen molar-refractivity contribution in [2.75, 3.05) is 18.1 Å². The normalized spacial score (nSPS) is 13.5. The smallest absolute Gasteiger partial charge is 0.339 e. The molecule has 1 aliphatic heterocycles. The molecule has 0 saturated heterocycles. The maximum absolute atomic E-state index is 11.3. The summed E-state index contributed by atoms with van der Waals surface area (Å²) in [6.45, 7) is 3.79. The number of nitrogens with zero attached hydrogens (tertiary/aromatic N) is 2. The van der Waals surface area contributed by atoms with E-state index in [0.717, 1.165) is 17.1 Å². The Morgan fingerprint density at radius 1 is 1.33 bits per heavy atom. The number of ether oxygens (including phenoxy) is 1. The number of pyridine rings is 1. The molecule has 5 heteroatoms. The SMILES string of the molecule is Cc1cccc(CN2CCOc3c(C(=O)O)cccc32)n1. The van der Waals surface area contributed by atoms with Crippen molar-refractivity contribution in [3.05, 3.63) is 53.3 Å². The monoisotopic (exact) mass is 284 g/mol. The van der Waals surface area contributed by atoms with Crippen LogP contribution in [0.1, 0.15) is 21.7 Å². The van der Waals surface area contributed by atoms with Crippen LogP contribution in [0.5, 0.6) is 5.75 Å². The highest BCUT2D eigenvalue weighted by atomic mass is 16.5. The zero-order chi connectivity index (χ0) is 14.8. The second-order valence-corrected chi connectivity index (χ2v) is 5.00. The molecule has 1 aliphatic rings. The maximum atomic E-state index is 11.3. The predicted octanol–water partition coefficient (Wildman–Crippen LogP) is 2.49. The quantitative estimate of drug-likeness (QED) is 0.938. The van der Waals surface area contributed by atoms with Gasteiger partial charge in [0.1, 0.15) is 12.2 Å². The number of aromatic nitrogens is 1. The minimum absolute atomic E-state index is 0.203. The summed E-state index contributed by atoms with van der Waals surface area (Å²) in [7, 11) is 0. The van der Waals surface area contributed by atoms with Crippen LogP contribution in [0.3, 0.4) is 0 Å². The van der Waals surface area contributed by atoms with E-state index in [1.807, 2.05) is 31.2 Å². The van der Waals surface area contributed by atoms with E-state index >= 15 is 0 Å². The highest BCUT2D eigenvalue weighted by molar-refractivity contribution is 5.93. The minimum Gasteiger partial charge on any atom is -0.489 e. The van der Waals surface area contributed by atoms with Crippen LogP contribution < -0.4 is 9.64 Å². The van der Waals surface area contributed by atoms with Crippen molar-refractivity contribution in [3.8, 4) is 5.75 Å². The molecule has 1 aromatic heterocycles. The van der Waals surface area contributed by atoms with Gasteiger partial charge in [-0.15, -0.1) is 0 Å². The van der Waals surface area contributed by atoms with Crippen molar-refractivity contribution in [2.45, 2.75) is 13.5 Å². The van der Waals surface area contributed by atoms with Gasteiger partial charge in [0.25, 0.3) is 0 Å². The molecule has 0 unspecified atom stereocenters. The number of para-hydroxylation sites is 1. The molecule has 0 aliphatic carbocycles. The third-order valence-corrected chi connectivity index (χ3v) is 3.47. The van der Waals surface area contributed by atoms with Gasteiger partial charge in [0.15, 0.2) is 5.75 Å². The van der Waals surface area contributed by atoms with E-state index in [2.05, 4.69) is 9.88 Å². The lowest BCUT2D eigenvalue weighted by Gasteiger charge is -2.31. The fraction of sp³-hybridized carbons (Fsp3) is 0.250. The van der Waals surface area contributed by atoms with Gasteiger partial charge in [-0.1, -0.05) is 12.1 Å². The summed E-state index contributed by atoms with van der Waals surface area (Å²) in [5.41, 5.74) is 2.95. The van der Waals surface area contributed by atoms with E-state index in [0.29, 0.717) is 25.4 Å². The highest BCUT2D eigenvalue weighted by Gasteiger charge is 2.23. The van der Waals surface area contributed by atoms with Crippen molar-refractivity contribution in [1.29, 1.82) is 0 Å². The summed E-state index contributed by atoms with van der Waals surface area (Å²) in [5, 5.41) is 9.24. The average Bonchev–Trinajstić information content (AvgIpc) is 2.47. The molecule has 1 N–H and O–H groups in total. The van der Waals surface area contributed by atoms with Gasteiger partial charge in [-0.25, -0.2) is 4.79 Å². The summed E-state index contributed by atoms with van der Waals surface area (Å²) in [6, 6.07) is 11.1. The number of carbonyl (C=O) groups is 1. The molecule has 108 valence electrons. The van der Waals surface area contributed by atoms with Crippen LogP contribution >= 0.6 is 0 Å². The molecular formula is C16H16N2O3. The first-order valence-corrected chi connectivity index (χ1v) is 6.82. The lowest BCUT2D eigenvalue weighted by Crippen LogP contribution is -2.33. The number of anilines is 1. The van der Waals surface area contributed by atoms with Crippen LogP contribution in [0.15, 0.2) is 36.4 Å². The fourth-order valence-corrected chi connectivity index (χ4v) is 2.52. The van der Waals surface area contributed by atoms with Gasteiger partial charge in [-0.05, 0) is 31.2 Å². The molecular weight excluding hydrogens is 268 g/mol. The van der Waals surface area contributed by atoms with E-state index in [9.17, 15) is 9.90 Å². The van der Waals surface area contributed by atoms with E-state index in [1.165, 1.54) is 0 Å². The van der Waals surface area contributed by atoms with Crippen LogP contribution in [0.2, 0.25) is 0 Å². The number of benzene rings is 1. The third-order valence-electron chi connectivity index (χ3n) is 3.47.